The van der Waals surface area contributed by atoms with Crippen LogP contribution < -0.4 is 5.32 Å². The first kappa shape index (κ1) is 23.5. The molecule has 174 valence electrons. The molecular weight excluding hydrogens is 436 g/mol. The van der Waals surface area contributed by atoms with E-state index in [1.54, 1.807) is 6.07 Å². The van der Waals surface area contributed by atoms with E-state index in [-0.39, 0.29) is 17.2 Å². The second-order valence-electron chi connectivity index (χ2n) is 9.84. The molecule has 0 bridgehead atoms. The van der Waals surface area contributed by atoms with Crippen LogP contribution in [0.4, 0.5) is 5.69 Å². The van der Waals surface area contributed by atoms with Gasteiger partial charge < -0.3 is 9.84 Å². The Balaban J connectivity index is 1.30. The largest absolute Gasteiger partial charge is 0.338 e. The van der Waals surface area contributed by atoms with Crippen molar-refractivity contribution >= 4 is 23.2 Å². The summed E-state index contributed by atoms with van der Waals surface area (Å²) in [6.45, 7) is 10.8. The molecule has 3 aromatic rings. The van der Waals surface area contributed by atoms with Crippen molar-refractivity contribution in [2.75, 3.05) is 18.4 Å². The molecular formula is C26H31ClN4O2. The zero-order valence-electron chi connectivity index (χ0n) is 19.7. The Labute approximate surface area is 200 Å². The standard InChI is InChI=1S/C26H31ClN4O2/c1-17-15-21(27)9-10-22(17)28-25(32)19-11-13-31(14-12-19)16-23-29-24(30-33-23)18-5-7-20(8-6-18)26(2,3)4/h5-10,15,19H,11-14,16H2,1-4H3,(H,28,32). The van der Waals surface area contributed by atoms with Crippen LogP contribution in [0.15, 0.2) is 47.0 Å². The summed E-state index contributed by atoms with van der Waals surface area (Å²) in [7, 11) is 0. The fraction of sp³-hybridized carbons (Fsp3) is 0.423. The number of halogens is 1. The average Bonchev–Trinajstić information content (AvgIpc) is 3.24. The number of aryl methyl sites for hydroxylation is 1. The number of piperidine rings is 1. The predicted octanol–water partition coefficient (Wildman–Crippen LogP) is 5.85. The average molecular weight is 467 g/mol. The Morgan fingerprint density at radius 1 is 1.15 bits per heavy atom. The van der Waals surface area contributed by atoms with Crippen molar-refractivity contribution < 1.29 is 9.32 Å². The zero-order chi connectivity index (χ0) is 23.6. The number of hydrogen-bond donors (Lipinski definition) is 1. The lowest BCUT2D eigenvalue weighted by Gasteiger charge is -2.30. The Hall–Kier alpha value is -2.70. The van der Waals surface area contributed by atoms with Gasteiger partial charge >= 0.3 is 0 Å². The monoisotopic (exact) mass is 466 g/mol. The molecule has 1 saturated heterocycles. The molecule has 4 rings (SSSR count). The molecule has 1 fully saturated rings. The van der Waals surface area contributed by atoms with E-state index in [0.717, 1.165) is 42.7 Å². The van der Waals surface area contributed by atoms with Crippen LogP contribution in [-0.2, 0) is 16.8 Å². The van der Waals surface area contributed by atoms with E-state index in [2.05, 4.69) is 53.3 Å². The molecule has 6 nitrogen and oxygen atoms in total. The molecule has 0 saturated carbocycles. The minimum atomic E-state index is -0.00379. The first-order chi connectivity index (χ1) is 15.7. The number of hydrogen-bond acceptors (Lipinski definition) is 5. The van der Waals surface area contributed by atoms with E-state index >= 15 is 0 Å². The van der Waals surface area contributed by atoms with Crippen LogP contribution in [0.2, 0.25) is 5.02 Å². The molecule has 1 amide bonds. The topological polar surface area (TPSA) is 71.3 Å². The van der Waals surface area contributed by atoms with Gasteiger partial charge in [-0.05, 0) is 67.6 Å². The number of carbonyl (C=O) groups is 1. The van der Waals surface area contributed by atoms with Gasteiger partial charge in [0, 0.05) is 22.2 Å². The summed E-state index contributed by atoms with van der Waals surface area (Å²) in [5, 5.41) is 7.88. The van der Waals surface area contributed by atoms with E-state index in [1.165, 1.54) is 5.56 Å². The van der Waals surface area contributed by atoms with Crippen LogP contribution in [0.1, 0.15) is 50.6 Å². The number of nitrogens with one attached hydrogen (secondary N) is 1. The molecule has 0 aliphatic carbocycles. The molecule has 0 atom stereocenters. The molecule has 0 spiro atoms. The number of anilines is 1. The van der Waals surface area contributed by atoms with Crippen LogP contribution in [0, 0.1) is 12.8 Å². The van der Waals surface area contributed by atoms with Crippen molar-refractivity contribution in [1.29, 1.82) is 0 Å². The third-order valence-electron chi connectivity index (χ3n) is 6.24. The zero-order valence-corrected chi connectivity index (χ0v) is 20.4. The van der Waals surface area contributed by atoms with Crippen molar-refractivity contribution in [2.24, 2.45) is 5.92 Å². The number of benzene rings is 2. The molecule has 1 aliphatic rings. The highest BCUT2D eigenvalue weighted by atomic mass is 35.5. The van der Waals surface area contributed by atoms with Crippen LogP contribution >= 0.6 is 11.6 Å². The fourth-order valence-electron chi connectivity index (χ4n) is 4.10. The molecule has 0 unspecified atom stereocenters. The van der Waals surface area contributed by atoms with E-state index in [4.69, 9.17) is 16.1 Å². The number of carbonyl (C=O) groups excluding carboxylic acids is 1. The molecule has 0 radical (unpaired) electrons. The maximum absolute atomic E-state index is 12.7. The SMILES string of the molecule is Cc1cc(Cl)ccc1NC(=O)C1CCN(Cc2nc(-c3ccc(C(C)(C)C)cc3)no2)CC1. The summed E-state index contributed by atoms with van der Waals surface area (Å²) < 4.78 is 5.50. The lowest BCUT2D eigenvalue weighted by atomic mass is 9.87. The molecule has 1 aromatic heterocycles. The van der Waals surface area contributed by atoms with Gasteiger partial charge in [-0.1, -0.05) is 61.8 Å². The van der Waals surface area contributed by atoms with E-state index in [9.17, 15) is 4.79 Å². The van der Waals surface area contributed by atoms with Gasteiger partial charge in [-0.3, -0.25) is 9.69 Å². The Bertz CT molecular complexity index is 1110. The molecule has 7 heteroatoms. The first-order valence-electron chi connectivity index (χ1n) is 11.4. The Morgan fingerprint density at radius 3 is 2.48 bits per heavy atom. The second kappa shape index (κ2) is 9.65. The Morgan fingerprint density at radius 2 is 1.85 bits per heavy atom. The smallest absolute Gasteiger partial charge is 0.241 e. The number of amides is 1. The number of nitrogens with zero attached hydrogens (tertiary/aromatic N) is 3. The second-order valence-corrected chi connectivity index (χ2v) is 10.3. The third-order valence-corrected chi connectivity index (χ3v) is 6.48. The van der Waals surface area contributed by atoms with E-state index in [1.807, 2.05) is 31.2 Å². The molecule has 2 heterocycles. The molecule has 33 heavy (non-hydrogen) atoms. The summed E-state index contributed by atoms with van der Waals surface area (Å²) >= 11 is 6.01. The van der Waals surface area contributed by atoms with Gasteiger partial charge in [0.05, 0.1) is 6.54 Å². The number of likely N-dealkylation sites (tertiary alicyclic amines) is 1. The summed E-state index contributed by atoms with van der Waals surface area (Å²) in [6.07, 6.45) is 1.60. The van der Waals surface area contributed by atoms with Crippen LogP contribution in [0.25, 0.3) is 11.4 Å². The van der Waals surface area contributed by atoms with Gasteiger partial charge in [-0.2, -0.15) is 4.98 Å². The van der Waals surface area contributed by atoms with E-state index < -0.39 is 0 Å². The van der Waals surface area contributed by atoms with Gasteiger partial charge in [-0.15, -0.1) is 0 Å². The van der Waals surface area contributed by atoms with Crippen molar-refractivity contribution in [2.45, 2.75) is 52.5 Å². The van der Waals surface area contributed by atoms with Crippen molar-refractivity contribution in [1.82, 2.24) is 15.0 Å². The minimum Gasteiger partial charge on any atom is -0.338 e. The highest BCUT2D eigenvalue weighted by Crippen LogP contribution is 2.26. The maximum atomic E-state index is 12.7. The quantitative estimate of drug-likeness (QED) is 0.511. The third kappa shape index (κ3) is 5.81. The maximum Gasteiger partial charge on any atom is 0.241 e. The van der Waals surface area contributed by atoms with Crippen LogP contribution in [0.5, 0.6) is 0 Å². The van der Waals surface area contributed by atoms with Crippen LogP contribution in [0.3, 0.4) is 0 Å². The van der Waals surface area contributed by atoms with Crippen molar-refractivity contribution in [3.8, 4) is 11.4 Å². The predicted molar refractivity (Wildman–Crippen MR) is 131 cm³/mol. The van der Waals surface area contributed by atoms with Gasteiger partial charge in [0.1, 0.15) is 0 Å². The van der Waals surface area contributed by atoms with Crippen molar-refractivity contribution in [3.05, 3.63) is 64.5 Å². The minimum absolute atomic E-state index is 0.00379. The summed E-state index contributed by atoms with van der Waals surface area (Å²) in [4.78, 5) is 19.6. The van der Waals surface area contributed by atoms with Gasteiger partial charge in [0.2, 0.25) is 17.6 Å². The normalized spacial score (nSPS) is 15.5. The Kier molecular flexibility index (Phi) is 6.86. The van der Waals surface area contributed by atoms with Gasteiger partial charge in [-0.25, -0.2) is 0 Å². The summed E-state index contributed by atoms with van der Waals surface area (Å²) in [5.41, 5.74) is 4.12. The summed E-state index contributed by atoms with van der Waals surface area (Å²) in [6, 6.07) is 13.8. The van der Waals surface area contributed by atoms with Crippen LogP contribution in [-0.4, -0.2) is 34.0 Å². The highest BCUT2D eigenvalue weighted by molar-refractivity contribution is 6.30. The molecule has 1 aliphatic heterocycles. The van der Waals surface area contributed by atoms with Gasteiger partial charge in [0.15, 0.2) is 0 Å². The lowest BCUT2D eigenvalue weighted by Crippen LogP contribution is -2.37. The number of aromatic nitrogens is 2. The van der Waals surface area contributed by atoms with E-state index in [0.29, 0.717) is 23.3 Å². The number of rotatable bonds is 5. The first-order valence-corrected chi connectivity index (χ1v) is 11.8. The fourth-order valence-corrected chi connectivity index (χ4v) is 4.33. The van der Waals surface area contributed by atoms with Crippen molar-refractivity contribution in [3.63, 3.8) is 0 Å². The highest BCUT2D eigenvalue weighted by Gasteiger charge is 2.26. The molecule has 2 aromatic carbocycles. The summed E-state index contributed by atoms with van der Waals surface area (Å²) in [5.74, 6) is 1.28. The van der Waals surface area contributed by atoms with Gasteiger partial charge in [0.25, 0.3) is 0 Å². The molecule has 1 N–H and O–H groups in total. The lowest BCUT2D eigenvalue weighted by molar-refractivity contribution is -0.121.